The van der Waals surface area contributed by atoms with Crippen LogP contribution >= 0.6 is 23.2 Å². The van der Waals surface area contributed by atoms with Crippen molar-refractivity contribution < 1.29 is 14.6 Å². The average molecular weight is 320 g/mol. The van der Waals surface area contributed by atoms with Crippen LogP contribution in [0, 0.1) is 5.92 Å². The first kappa shape index (κ1) is 17.1. The van der Waals surface area contributed by atoms with Crippen molar-refractivity contribution in [1.29, 1.82) is 0 Å². The largest absolute Gasteiger partial charge is 0.479 e. The van der Waals surface area contributed by atoms with Gasteiger partial charge in [0.15, 0.2) is 6.10 Å². The Bertz CT molecular complexity index is 478. The molecular formula is C14H19Cl2NO3. The second-order valence-corrected chi connectivity index (χ2v) is 5.78. The van der Waals surface area contributed by atoms with Crippen LogP contribution in [-0.2, 0) is 11.4 Å². The molecule has 0 aliphatic carbocycles. The van der Waals surface area contributed by atoms with Crippen LogP contribution in [0.4, 0.5) is 0 Å². The molecule has 4 nitrogen and oxygen atoms in total. The Morgan fingerprint density at radius 2 is 2.00 bits per heavy atom. The third-order valence-electron chi connectivity index (χ3n) is 2.60. The van der Waals surface area contributed by atoms with Crippen molar-refractivity contribution in [3.05, 3.63) is 27.7 Å². The van der Waals surface area contributed by atoms with Crippen LogP contribution in [0.5, 0.6) is 5.75 Å². The fourth-order valence-corrected chi connectivity index (χ4v) is 2.12. The van der Waals surface area contributed by atoms with Crippen molar-refractivity contribution in [1.82, 2.24) is 5.32 Å². The van der Waals surface area contributed by atoms with Gasteiger partial charge in [-0.3, -0.25) is 4.79 Å². The molecule has 0 aromatic heterocycles. The van der Waals surface area contributed by atoms with Gasteiger partial charge in [0.25, 0.3) is 5.91 Å². The van der Waals surface area contributed by atoms with E-state index < -0.39 is 6.10 Å². The number of aliphatic hydroxyl groups excluding tert-OH is 1. The number of halogens is 2. The zero-order chi connectivity index (χ0) is 15.3. The molecule has 0 bridgehead atoms. The minimum absolute atomic E-state index is 0.228. The summed E-state index contributed by atoms with van der Waals surface area (Å²) in [6.07, 6.45) is -0.710. The molecule has 1 aromatic rings. The molecule has 0 radical (unpaired) electrons. The number of hydrogen-bond acceptors (Lipinski definition) is 3. The van der Waals surface area contributed by atoms with E-state index in [0.717, 1.165) is 0 Å². The van der Waals surface area contributed by atoms with Crippen LogP contribution in [0.1, 0.15) is 26.3 Å². The highest BCUT2D eigenvalue weighted by atomic mass is 35.5. The summed E-state index contributed by atoms with van der Waals surface area (Å²) in [5.41, 5.74) is 0.450. The number of hydrogen-bond donors (Lipinski definition) is 2. The highest BCUT2D eigenvalue weighted by Gasteiger charge is 2.18. The van der Waals surface area contributed by atoms with Gasteiger partial charge < -0.3 is 15.2 Å². The molecule has 1 atom stereocenters. The van der Waals surface area contributed by atoms with Crippen molar-refractivity contribution >= 4 is 29.1 Å². The SMILES string of the molecule is CC(C)CNC(=O)C(C)Oc1c(Cl)cc(Cl)cc1CO. The lowest BCUT2D eigenvalue weighted by atomic mass is 10.2. The first-order valence-electron chi connectivity index (χ1n) is 6.38. The molecule has 1 rings (SSSR count). The summed E-state index contributed by atoms with van der Waals surface area (Å²) in [6, 6.07) is 3.07. The lowest BCUT2D eigenvalue weighted by Gasteiger charge is -2.18. The van der Waals surface area contributed by atoms with E-state index in [2.05, 4.69) is 5.32 Å². The molecular weight excluding hydrogens is 301 g/mol. The fraction of sp³-hybridized carbons (Fsp3) is 0.500. The molecule has 20 heavy (non-hydrogen) atoms. The predicted octanol–water partition coefficient (Wildman–Crippen LogP) is 3.03. The summed E-state index contributed by atoms with van der Waals surface area (Å²) in [4.78, 5) is 11.9. The summed E-state index contributed by atoms with van der Waals surface area (Å²) in [5, 5.41) is 12.7. The van der Waals surface area contributed by atoms with Crippen LogP contribution < -0.4 is 10.1 Å². The number of amides is 1. The Kier molecular flexibility index (Phi) is 6.59. The van der Waals surface area contributed by atoms with Gasteiger partial charge in [0.2, 0.25) is 0 Å². The molecule has 0 spiro atoms. The van der Waals surface area contributed by atoms with Crippen LogP contribution in [0.2, 0.25) is 10.0 Å². The molecule has 1 unspecified atom stereocenters. The van der Waals surface area contributed by atoms with E-state index in [4.69, 9.17) is 27.9 Å². The number of nitrogens with one attached hydrogen (secondary N) is 1. The average Bonchev–Trinajstić information content (AvgIpc) is 2.38. The lowest BCUT2D eigenvalue weighted by molar-refractivity contribution is -0.127. The fourth-order valence-electron chi connectivity index (χ4n) is 1.54. The van der Waals surface area contributed by atoms with Gasteiger partial charge in [-0.1, -0.05) is 37.0 Å². The second-order valence-electron chi connectivity index (χ2n) is 4.93. The minimum atomic E-state index is -0.710. The molecule has 0 aliphatic heterocycles. The zero-order valence-electron chi connectivity index (χ0n) is 11.7. The number of rotatable bonds is 6. The molecule has 0 heterocycles. The van der Waals surface area contributed by atoms with E-state index >= 15 is 0 Å². The molecule has 0 aliphatic rings. The predicted molar refractivity (Wildman–Crippen MR) is 80.3 cm³/mol. The van der Waals surface area contributed by atoms with E-state index in [-0.39, 0.29) is 23.3 Å². The molecule has 2 N–H and O–H groups in total. The number of benzene rings is 1. The highest BCUT2D eigenvalue weighted by Crippen LogP contribution is 2.33. The van der Waals surface area contributed by atoms with Gasteiger partial charge in [0, 0.05) is 17.1 Å². The standard InChI is InChI=1S/C14H19Cl2NO3/c1-8(2)6-17-14(19)9(3)20-13-10(7-18)4-11(15)5-12(13)16/h4-5,8-9,18H,6-7H2,1-3H3,(H,17,19). The third kappa shape index (κ3) is 4.85. The highest BCUT2D eigenvalue weighted by molar-refractivity contribution is 6.35. The quantitative estimate of drug-likeness (QED) is 0.847. The molecule has 1 amide bonds. The third-order valence-corrected chi connectivity index (χ3v) is 3.10. The van der Waals surface area contributed by atoms with Crippen LogP contribution in [0.15, 0.2) is 12.1 Å². The van der Waals surface area contributed by atoms with Crippen molar-refractivity contribution in [2.24, 2.45) is 5.92 Å². The molecule has 6 heteroatoms. The number of carbonyl (C=O) groups is 1. The number of ether oxygens (including phenoxy) is 1. The Morgan fingerprint density at radius 1 is 1.35 bits per heavy atom. The Balaban J connectivity index is 2.80. The van der Waals surface area contributed by atoms with Crippen molar-refractivity contribution in [3.8, 4) is 5.75 Å². The van der Waals surface area contributed by atoms with Crippen LogP contribution in [0.25, 0.3) is 0 Å². The first-order chi connectivity index (χ1) is 9.35. The summed E-state index contributed by atoms with van der Waals surface area (Å²) < 4.78 is 5.55. The maximum absolute atomic E-state index is 11.9. The first-order valence-corrected chi connectivity index (χ1v) is 7.13. The van der Waals surface area contributed by atoms with Gasteiger partial charge in [-0.15, -0.1) is 0 Å². The molecule has 0 saturated carbocycles. The lowest BCUT2D eigenvalue weighted by Crippen LogP contribution is -2.38. The molecule has 1 aromatic carbocycles. The summed E-state index contributed by atoms with van der Waals surface area (Å²) in [6.45, 7) is 5.95. The van der Waals surface area contributed by atoms with Gasteiger partial charge in [-0.25, -0.2) is 0 Å². The minimum Gasteiger partial charge on any atom is -0.479 e. The second kappa shape index (κ2) is 7.72. The van der Waals surface area contributed by atoms with Crippen molar-refractivity contribution in [2.75, 3.05) is 6.54 Å². The van der Waals surface area contributed by atoms with E-state index in [1.807, 2.05) is 13.8 Å². The Labute approximate surface area is 129 Å². The zero-order valence-corrected chi connectivity index (χ0v) is 13.3. The van der Waals surface area contributed by atoms with E-state index in [9.17, 15) is 9.90 Å². The number of aliphatic hydroxyl groups is 1. The topological polar surface area (TPSA) is 58.6 Å². The monoisotopic (exact) mass is 319 g/mol. The summed E-state index contributed by atoms with van der Waals surface area (Å²) in [7, 11) is 0. The maximum Gasteiger partial charge on any atom is 0.260 e. The van der Waals surface area contributed by atoms with Crippen molar-refractivity contribution in [2.45, 2.75) is 33.5 Å². The van der Waals surface area contributed by atoms with E-state index in [1.165, 1.54) is 6.07 Å². The van der Waals surface area contributed by atoms with Gasteiger partial charge >= 0.3 is 0 Å². The van der Waals surface area contributed by atoms with Gasteiger partial charge in [-0.2, -0.15) is 0 Å². The van der Waals surface area contributed by atoms with Crippen LogP contribution in [0.3, 0.4) is 0 Å². The van der Waals surface area contributed by atoms with Gasteiger partial charge in [0.1, 0.15) is 5.75 Å². The van der Waals surface area contributed by atoms with Gasteiger partial charge in [0.05, 0.1) is 11.6 Å². The molecule has 0 saturated heterocycles. The van der Waals surface area contributed by atoms with Crippen LogP contribution in [-0.4, -0.2) is 23.7 Å². The Morgan fingerprint density at radius 3 is 2.55 bits per heavy atom. The Hall–Kier alpha value is -0.970. The van der Waals surface area contributed by atoms with Gasteiger partial charge in [-0.05, 0) is 25.0 Å². The van der Waals surface area contributed by atoms with Crippen molar-refractivity contribution in [3.63, 3.8) is 0 Å². The normalized spacial score (nSPS) is 12.3. The molecule has 0 fully saturated rings. The van der Waals surface area contributed by atoms with E-state index in [1.54, 1.807) is 13.0 Å². The summed E-state index contributed by atoms with van der Waals surface area (Å²) in [5.74, 6) is 0.414. The van der Waals surface area contributed by atoms with E-state index in [0.29, 0.717) is 23.0 Å². The number of carbonyl (C=O) groups excluding carboxylic acids is 1. The maximum atomic E-state index is 11.9. The summed E-state index contributed by atoms with van der Waals surface area (Å²) >= 11 is 11.9. The molecule has 112 valence electrons. The smallest absolute Gasteiger partial charge is 0.260 e.